The summed E-state index contributed by atoms with van der Waals surface area (Å²) in [6.07, 6.45) is 1.37. The van der Waals surface area contributed by atoms with Gasteiger partial charge in [0.1, 0.15) is 6.04 Å². The maximum atomic E-state index is 11.7. The molecule has 1 atom stereocenters. The number of benzene rings is 1. The zero-order valence-corrected chi connectivity index (χ0v) is 10.8. The van der Waals surface area contributed by atoms with Gasteiger partial charge in [0.15, 0.2) is 0 Å². The van der Waals surface area contributed by atoms with Gasteiger partial charge in [-0.05, 0) is 31.5 Å². The molecule has 1 heterocycles. The molecule has 5 nitrogen and oxygen atoms in total. The Labute approximate surface area is 112 Å². The first kappa shape index (κ1) is 13.5. The van der Waals surface area contributed by atoms with Gasteiger partial charge in [-0.15, -0.1) is 0 Å². The van der Waals surface area contributed by atoms with Gasteiger partial charge in [0.2, 0.25) is 11.8 Å². The average Bonchev–Trinajstić information content (AvgIpc) is 2.40. The minimum atomic E-state index is -0.421. The number of carbonyl (C=O) groups excluding carboxylic acids is 2. The summed E-state index contributed by atoms with van der Waals surface area (Å²) in [5, 5.41) is 0. The van der Waals surface area contributed by atoms with E-state index in [1.807, 2.05) is 35.2 Å². The van der Waals surface area contributed by atoms with Gasteiger partial charge in [-0.25, -0.2) is 0 Å². The highest BCUT2D eigenvalue weighted by molar-refractivity contribution is 5.81. The number of hydrogen-bond acceptors (Lipinski definition) is 3. The molecule has 19 heavy (non-hydrogen) atoms. The lowest BCUT2D eigenvalue weighted by Gasteiger charge is -2.35. The maximum Gasteiger partial charge on any atom is 0.239 e. The van der Waals surface area contributed by atoms with Crippen LogP contribution in [0.2, 0.25) is 0 Å². The van der Waals surface area contributed by atoms with E-state index in [2.05, 4.69) is 0 Å². The Kier molecular flexibility index (Phi) is 4.16. The zero-order chi connectivity index (χ0) is 13.8. The molecule has 1 aromatic carbocycles. The van der Waals surface area contributed by atoms with E-state index in [0.717, 1.165) is 5.56 Å². The molecule has 2 amide bonds. The first-order chi connectivity index (χ1) is 9.09. The van der Waals surface area contributed by atoms with Crippen molar-refractivity contribution in [3.63, 3.8) is 0 Å². The van der Waals surface area contributed by atoms with E-state index in [0.29, 0.717) is 25.9 Å². The molecule has 4 N–H and O–H groups in total. The second-order valence-corrected chi connectivity index (χ2v) is 4.93. The van der Waals surface area contributed by atoms with E-state index >= 15 is 0 Å². The first-order valence-electron chi connectivity index (χ1n) is 6.47. The number of likely N-dealkylation sites (tertiary alicyclic amines) is 1. The van der Waals surface area contributed by atoms with Crippen molar-refractivity contribution in [2.24, 2.45) is 17.4 Å². The summed E-state index contributed by atoms with van der Waals surface area (Å²) in [6, 6.07) is 9.06. The van der Waals surface area contributed by atoms with Gasteiger partial charge in [-0.3, -0.25) is 14.5 Å². The quantitative estimate of drug-likeness (QED) is 0.822. The first-order valence-corrected chi connectivity index (χ1v) is 6.47. The largest absolute Gasteiger partial charge is 0.369 e. The molecule has 1 aromatic rings. The SMILES string of the molecule is NC(=O)C1CCN(C(C(N)=O)c2ccccc2)CC1. The molecule has 1 aliphatic rings. The molecule has 1 aliphatic heterocycles. The van der Waals surface area contributed by atoms with Gasteiger partial charge in [0.05, 0.1) is 0 Å². The lowest BCUT2D eigenvalue weighted by Crippen LogP contribution is -2.44. The van der Waals surface area contributed by atoms with Crippen molar-refractivity contribution in [3.05, 3.63) is 35.9 Å². The molecule has 5 heteroatoms. The number of nitrogens with two attached hydrogens (primary N) is 2. The lowest BCUT2D eigenvalue weighted by atomic mass is 9.93. The minimum Gasteiger partial charge on any atom is -0.369 e. The van der Waals surface area contributed by atoms with E-state index in [1.54, 1.807) is 0 Å². The molecule has 1 unspecified atom stereocenters. The third-order valence-corrected chi connectivity index (χ3v) is 3.68. The number of primary amides is 2. The Morgan fingerprint density at radius 1 is 1.11 bits per heavy atom. The van der Waals surface area contributed by atoms with E-state index in [1.165, 1.54) is 0 Å². The highest BCUT2D eigenvalue weighted by Crippen LogP contribution is 2.26. The summed E-state index contributed by atoms with van der Waals surface area (Å²) >= 11 is 0. The Bertz CT molecular complexity index is 453. The summed E-state index contributed by atoms with van der Waals surface area (Å²) in [7, 11) is 0. The van der Waals surface area contributed by atoms with E-state index in [9.17, 15) is 9.59 Å². The fraction of sp³-hybridized carbons (Fsp3) is 0.429. The standard InChI is InChI=1S/C14H19N3O2/c15-13(18)11-6-8-17(9-7-11)12(14(16)19)10-4-2-1-3-5-10/h1-5,11-12H,6-9H2,(H2,15,18)(H2,16,19). The number of carbonyl (C=O) groups is 2. The van der Waals surface area contributed by atoms with Crippen LogP contribution in [0.5, 0.6) is 0 Å². The Morgan fingerprint density at radius 2 is 1.68 bits per heavy atom. The van der Waals surface area contributed by atoms with E-state index < -0.39 is 6.04 Å². The molecule has 102 valence electrons. The van der Waals surface area contributed by atoms with Crippen molar-refractivity contribution in [1.82, 2.24) is 4.90 Å². The van der Waals surface area contributed by atoms with Crippen molar-refractivity contribution in [3.8, 4) is 0 Å². The van der Waals surface area contributed by atoms with Gasteiger partial charge in [-0.2, -0.15) is 0 Å². The molecule has 0 bridgehead atoms. The van der Waals surface area contributed by atoms with Crippen LogP contribution in [0, 0.1) is 5.92 Å². The Morgan fingerprint density at radius 3 is 2.16 bits per heavy atom. The van der Waals surface area contributed by atoms with Crippen molar-refractivity contribution in [2.45, 2.75) is 18.9 Å². The second kappa shape index (κ2) is 5.84. The fourth-order valence-corrected chi connectivity index (χ4v) is 2.63. The van der Waals surface area contributed by atoms with Crippen molar-refractivity contribution >= 4 is 11.8 Å². The molecule has 1 fully saturated rings. The van der Waals surface area contributed by atoms with Gasteiger partial charge >= 0.3 is 0 Å². The number of piperidine rings is 1. The van der Waals surface area contributed by atoms with Crippen LogP contribution in [0.4, 0.5) is 0 Å². The van der Waals surface area contributed by atoms with Crippen LogP contribution in [-0.4, -0.2) is 29.8 Å². The Hall–Kier alpha value is -1.88. The van der Waals surface area contributed by atoms with Crippen LogP contribution >= 0.6 is 0 Å². The smallest absolute Gasteiger partial charge is 0.239 e. The average molecular weight is 261 g/mol. The minimum absolute atomic E-state index is 0.0828. The van der Waals surface area contributed by atoms with Crippen molar-refractivity contribution < 1.29 is 9.59 Å². The molecular formula is C14H19N3O2. The second-order valence-electron chi connectivity index (χ2n) is 4.93. The van der Waals surface area contributed by atoms with Crippen LogP contribution in [-0.2, 0) is 9.59 Å². The van der Waals surface area contributed by atoms with Crippen LogP contribution in [0.25, 0.3) is 0 Å². The number of hydrogen-bond donors (Lipinski definition) is 2. The van der Waals surface area contributed by atoms with Crippen LogP contribution in [0.15, 0.2) is 30.3 Å². The predicted octanol–water partition coefficient (Wildman–Crippen LogP) is 0.410. The normalized spacial score (nSPS) is 18.9. The third-order valence-electron chi connectivity index (χ3n) is 3.68. The number of rotatable bonds is 4. The van der Waals surface area contributed by atoms with Crippen molar-refractivity contribution in [2.75, 3.05) is 13.1 Å². The summed E-state index contributed by atoms with van der Waals surface area (Å²) in [6.45, 7) is 1.33. The van der Waals surface area contributed by atoms with E-state index in [4.69, 9.17) is 11.5 Å². The van der Waals surface area contributed by atoms with Gasteiger partial charge < -0.3 is 11.5 Å². The molecule has 2 rings (SSSR count). The van der Waals surface area contributed by atoms with Crippen LogP contribution in [0.3, 0.4) is 0 Å². The fourth-order valence-electron chi connectivity index (χ4n) is 2.63. The molecule has 0 radical (unpaired) electrons. The van der Waals surface area contributed by atoms with Crippen LogP contribution in [0.1, 0.15) is 24.4 Å². The van der Waals surface area contributed by atoms with Gasteiger partial charge in [0.25, 0.3) is 0 Å². The molecule has 0 aliphatic carbocycles. The molecule has 0 aromatic heterocycles. The van der Waals surface area contributed by atoms with E-state index in [-0.39, 0.29) is 17.7 Å². The monoisotopic (exact) mass is 261 g/mol. The van der Waals surface area contributed by atoms with Crippen LogP contribution < -0.4 is 11.5 Å². The van der Waals surface area contributed by atoms with Gasteiger partial charge in [0, 0.05) is 5.92 Å². The molecule has 0 spiro atoms. The number of amides is 2. The number of nitrogens with zero attached hydrogens (tertiary/aromatic N) is 1. The molecule has 0 saturated carbocycles. The van der Waals surface area contributed by atoms with Crippen molar-refractivity contribution in [1.29, 1.82) is 0 Å². The zero-order valence-electron chi connectivity index (χ0n) is 10.8. The topological polar surface area (TPSA) is 89.4 Å². The maximum absolute atomic E-state index is 11.7. The predicted molar refractivity (Wildman–Crippen MR) is 71.9 cm³/mol. The highest BCUT2D eigenvalue weighted by atomic mass is 16.1. The summed E-state index contributed by atoms with van der Waals surface area (Å²) in [4.78, 5) is 24.9. The highest BCUT2D eigenvalue weighted by Gasteiger charge is 2.31. The summed E-state index contributed by atoms with van der Waals surface area (Å²) < 4.78 is 0. The third kappa shape index (κ3) is 3.12. The van der Waals surface area contributed by atoms with Gasteiger partial charge in [-0.1, -0.05) is 30.3 Å². The molecule has 1 saturated heterocycles. The lowest BCUT2D eigenvalue weighted by molar-refractivity contribution is -0.125. The Balaban J connectivity index is 2.10. The summed E-state index contributed by atoms with van der Waals surface area (Å²) in [5.74, 6) is -0.695. The summed E-state index contributed by atoms with van der Waals surface area (Å²) in [5.41, 5.74) is 11.7. The molecular weight excluding hydrogens is 242 g/mol.